The Morgan fingerprint density at radius 1 is 1.65 bits per heavy atom. The van der Waals surface area contributed by atoms with Gasteiger partial charge in [-0.25, -0.2) is 9.78 Å². The predicted octanol–water partition coefficient (Wildman–Crippen LogP) is 1.97. The largest absolute Gasteiger partial charge is 0.478 e. The van der Waals surface area contributed by atoms with E-state index in [1.807, 2.05) is 27.9 Å². The van der Waals surface area contributed by atoms with Crippen LogP contribution in [0.3, 0.4) is 0 Å². The Bertz CT molecular complexity index is 617. The highest BCUT2D eigenvalue weighted by atomic mass is 32.1. The van der Waals surface area contributed by atoms with Gasteiger partial charge < -0.3 is 14.7 Å². The van der Waals surface area contributed by atoms with Crippen molar-refractivity contribution in [3.8, 4) is 0 Å². The standard InChI is InChI=1S/C13H17N3O3S/c1-15(6-3-8-19-2)12-10(4-5-11(17)18)16-7-9-20-13(16)14-12/h4-5,7,9H,3,6,8H2,1-2H3,(H,17,18). The van der Waals surface area contributed by atoms with E-state index in [1.54, 1.807) is 13.2 Å². The van der Waals surface area contributed by atoms with Gasteiger partial charge in [0.1, 0.15) is 0 Å². The maximum absolute atomic E-state index is 10.7. The molecule has 108 valence electrons. The average molecular weight is 295 g/mol. The van der Waals surface area contributed by atoms with Gasteiger partial charge in [0, 0.05) is 45.0 Å². The Balaban J connectivity index is 2.28. The van der Waals surface area contributed by atoms with E-state index in [0.717, 1.165) is 35.5 Å². The molecule has 0 spiro atoms. The molecule has 7 heteroatoms. The van der Waals surface area contributed by atoms with Gasteiger partial charge in [-0.05, 0) is 12.5 Å². The summed E-state index contributed by atoms with van der Waals surface area (Å²) in [5, 5.41) is 10.7. The van der Waals surface area contributed by atoms with Crippen LogP contribution in [0, 0.1) is 0 Å². The zero-order valence-electron chi connectivity index (χ0n) is 11.4. The van der Waals surface area contributed by atoms with Crippen LogP contribution in [0.2, 0.25) is 0 Å². The molecule has 0 amide bonds. The quantitative estimate of drug-likeness (QED) is 0.625. The molecule has 0 aromatic carbocycles. The van der Waals surface area contributed by atoms with Crippen LogP contribution in [0.1, 0.15) is 12.1 Å². The zero-order valence-corrected chi connectivity index (χ0v) is 12.3. The van der Waals surface area contributed by atoms with E-state index >= 15 is 0 Å². The number of nitrogens with zero attached hydrogens (tertiary/aromatic N) is 3. The molecule has 0 fully saturated rings. The molecular weight excluding hydrogens is 278 g/mol. The number of anilines is 1. The molecule has 0 saturated heterocycles. The summed E-state index contributed by atoms with van der Waals surface area (Å²) in [5.74, 6) is -0.186. The zero-order chi connectivity index (χ0) is 14.5. The van der Waals surface area contributed by atoms with Crippen molar-refractivity contribution in [3.63, 3.8) is 0 Å². The maximum atomic E-state index is 10.7. The fourth-order valence-corrected chi connectivity index (χ4v) is 2.65. The van der Waals surface area contributed by atoms with Crippen LogP contribution in [0.25, 0.3) is 11.0 Å². The number of hydrogen-bond donors (Lipinski definition) is 1. The number of carbonyl (C=O) groups is 1. The minimum atomic E-state index is -0.969. The molecule has 2 aromatic rings. The fraction of sp³-hybridized carbons (Fsp3) is 0.385. The molecule has 1 N–H and O–H groups in total. The van der Waals surface area contributed by atoms with Gasteiger partial charge in [0.05, 0.1) is 5.69 Å². The molecule has 2 rings (SSSR count). The van der Waals surface area contributed by atoms with Crippen molar-refractivity contribution in [2.75, 3.05) is 32.2 Å². The van der Waals surface area contributed by atoms with Crippen molar-refractivity contribution < 1.29 is 14.6 Å². The molecule has 0 aliphatic heterocycles. The first kappa shape index (κ1) is 14.5. The first-order valence-electron chi connectivity index (χ1n) is 6.20. The van der Waals surface area contributed by atoms with Crippen molar-refractivity contribution in [3.05, 3.63) is 23.3 Å². The van der Waals surface area contributed by atoms with E-state index in [0.29, 0.717) is 6.61 Å². The van der Waals surface area contributed by atoms with Crippen molar-refractivity contribution >= 4 is 34.2 Å². The number of aromatic nitrogens is 2. The summed E-state index contributed by atoms with van der Waals surface area (Å²) in [6.07, 6.45) is 5.49. The number of carboxylic acid groups (broad SMARTS) is 1. The van der Waals surface area contributed by atoms with Crippen LogP contribution in [0.4, 0.5) is 5.82 Å². The Morgan fingerprint density at radius 2 is 2.45 bits per heavy atom. The number of thiazole rings is 1. The monoisotopic (exact) mass is 295 g/mol. The summed E-state index contributed by atoms with van der Waals surface area (Å²) < 4.78 is 6.93. The lowest BCUT2D eigenvalue weighted by Crippen LogP contribution is -2.21. The van der Waals surface area contributed by atoms with Crippen LogP contribution in [0.5, 0.6) is 0 Å². The molecule has 0 unspecified atom stereocenters. The van der Waals surface area contributed by atoms with Gasteiger partial charge in [-0.1, -0.05) is 0 Å². The van der Waals surface area contributed by atoms with Crippen LogP contribution in [-0.2, 0) is 9.53 Å². The number of methoxy groups -OCH3 is 1. The first-order chi connectivity index (χ1) is 9.63. The SMILES string of the molecule is COCCCN(C)c1nc2sccn2c1C=CC(=O)O. The third-order valence-corrected chi connectivity index (χ3v) is 3.62. The smallest absolute Gasteiger partial charge is 0.328 e. The Kier molecular flexibility index (Phi) is 4.75. The topological polar surface area (TPSA) is 67.1 Å². The summed E-state index contributed by atoms with van der Waals surface area (Å²) >= 11 is 1.52. The number of fused-ring (bicyclic) bond motifs is 1. The highest BCUT2D eigenvalue weighted by Crippen LogP contribution is 2.25. The Labute approximate surface area is 120 Å². The van der Waals surface area contributed by atoms with Crippen molar-refractivity contribution in [2.24, 2.45) is 0 Å². The molecule has 0 aliphatic rings. The van der Waals surface area contributed by atoms with E-state index in [1.165, 1.54) is 11.3 Å². The van der Waals surface area contributed by atoms with Crippen molar-refractivity contribution in [1.82, 2.24) is 9.38 Å². The predicted molar refractivity (Wildman–Crippen MR) is 79.5 cm³/mol. The second-order valence-corrected chi connectivity index (χ2v) is 5.19. The lowest BCUT2D eigenvalue weighted by Gasteiger charge is -2.17. The van der Waals surface area contributed by atoms with E-state index < -0.39 is 5.97 Å². The highest BCUT2D eigenvalue weighted by Gasteiger charge is 2.14. The number of ether oxygens (including phenoxy) is 1. The van der Waals surface area contributed by atoms with Gasteiger partial charge >= 0.3 is 5.97 Å². The minimum absolute atomic E-state index is 0.687. The third-order valence-electron chi connectivity index (χ3n) is 2.87. The summed E-state index contributed by atoms with van der Waals surface area (Å²) in [5.41, 5.74) is 0.781. The lowest BCUT2D eigenvalue weighted by atomic mass is 10.3. The molecule has 0 radical (unpaired) electrons. The second-order valence-electron chi connectivity index (χ2n) is 4.32. The Morgan fingerprint density at radius 3 is 3.15 bits per heavy atom. The van der Waals surface area contributed by atoms with Gasteiger partial charge in [0.25, 0.3) is 0 Å². The van der Waals surface area contributed by atoms with Gasteiger partial charge in [0.15, 0.2) is 10.8 Å². The summed E-state index contributed by atoms with van der Waals surface area (Å²) in [7, 11) is 3.62. The molecule has 0 saturated carbocycles. The van der Waals surface area contributed by atoms with E-state index in [2.05, 4.69) is 4.98 Å². The highest BCUT2D eigenvalue weighted by molar-refractivity contribution is 7.15. The van der Waals surface area contributed by atoms with Crippen LogP contribution < -0.4 is 4.90 Å². The van der Waals surface area contributed by atoms with Crippen molar-refractivity contribution in [1.29, 1.82) is 0 Å². The van der Waals surface area contributed by atoms with Gasteiger partial charge in [-0.2, -0.15) is 0 Å². The van der Waals surface area contributed by atoms with Gasteiger partial charge in [0.2, 0.25) is 0 Å². The molecule has 0 atom stereocenters. The lowest BCUT2D eigenvalue weighted by molar-refractivity contribution is -0.131. The van der Waals surface area contributed by atoms with Crippen LogP contribution in [0.15, 0.2) is 17.7 Å². The summed E-state index contributed by atoms with van der Waals surface area (Å²) in [6, 6.07) is 0. The Hall–Kier alpha value is -1.86. The molecule has 6 nitrogen and oxygen atoms in total. The van der Waals surface area contributed by atoms with Crippen molar-refractivity contribution in [2.45, 2.75) is 6.42 Å². The molecule has 20 heavy (non-hydrogen) atoms. The maximum Gasteiger partial charge on any atom is 0.328 e. The van der Waals surface area contributed by atoms with E-state index in [-0.39, 0.29) is 0 Å². The minimum Gasteiger partial charge on any atom is -0.478 e. The number of rotatable bonds is 7. The third kappa shape index (κ3) is 3.17. The molecule has 2 aromatic heterocycles. The molecule has 0 bridgehead atoms. The number of aliphatic carboxylic acids is 1. The number of hydrogen-bond acceptors (Lipinski definition) is 5. The second kappa shape index (κ2) is 6.53. The van der Waals surface area contributed by atoms with Crippen LogP contribution in [-0.4, -0.2) is 47.8 Å². The molecular formula is C13H17N3O3S. The fourth-order valence-electron chi connectivity index (χ4n) is 1.93. The van der Waals surface area contributed by atoms with Gasteiger partial charge in [-0.15, -0.1) is 11.3 Å². The summed E-state index contributed by atoms with van der Waals surface area (Å²) in [4.78, 5) is 18.1. The summed E-state index contributed by atoms with van der Waals surface area (Å²) in [6.45, 7) is 1.49. The number of carboxylic acids is 1. The van der Waals surface area contributed by atoms with Gasteiger partial charge in [-0.3, -0.25) is 4.40 Å². The van der Waals surface area contributed by atoms with E-state index in [4.69, 9.17) is 9.84 Å². The van der Waals surface area contributed by atoms with Crippen LogP contribution >= 0.6 is 11.3 Å². The first-order valence-corrected chi connectivity index (χ1v) is 7.08. The number of imidazole rings is 1. The molecule has 0 aliphatic carbocycles. The average Bonchev–Trinajstić information content (AvgIpc) is 2.97. The molecule has 2 heterocycles. The normalized spacial score (nSPS) is 11.5. The van der Waals surface area contributed by atoms with E-state index in [9.17, 15) is 4.79 Å².